The first-order valence-corrected chi connectivity index (χ1v) is 9.14. The second kappa shape index (κ2) is 10.4. The first kappa shape index (κ1) is 23.6. The normalized spacial score (nSPS) is 11.5. The molecule has 0 aliphatic rings. The van der Waals surface area contributed by atoms with E-state index in [1.807, 2.05) is 12.2 Å². The van der Waals surface area contributed by atoms with Gasteiger partial charge in [-0.1, -0.05) is 6.92 Å². The van der Waals surface area contributed by atoms with Gasteiger partial charge in [0.05, 0.1) is 12.2 Å². The molecule has 166 valence electrons. The summed E-state index contributed by atoms with van der Waals surface area (Å²) in [7, 11) is 0. The molecule has 0 spiro atoms. The molecule has 1 atom stereocenters. The third-order valence-corrected chi connectivity index (χ3v) is 3.90. The lowest BCUT2D eigenvalue weighted by Crippen LogP contribution is -2.40. The lowest BCUT2D eigenvalue weighted by molar-refractivity contribution is -0.130. The highest BCUT2D eigenvalue weighted by molar-refractivity contribution is 5.96. The van der Waals surface area contributed by atoms with E-state index in [1.165, 1.54) is 6.92 Å². The SMILES string of the molecule is CCCn1nc(C(=O)O[C@H](C)C(=O)NCC(=O)Nc2ccc(F)c(F)c2F)ccc1=O. The van der Waals surface area contributed by atoms with Gasteiger partial charge >= 0.3 is 5.97 Å². The fourth-order valence-corrected chi connectivity index (χ4v) is 2.33. The fraction of sp³-hybridized carbons (Fsp3) is 0.316. The van der Waals surface area contributed by atoms with Gasteiger partial charge in [0.1, 0.15) is 0 Å². The summed E-state index contributed by atoms with van der Waals surface area (Å²) >= 11 is 0. The van der Waals surface area contributed by atoms with Crippen LogP contribution in [0.2, 0.25) is 0 Å². The van der Waals surface area contributed by atoms with Crippen molar-refractivity contribution in [3.8, 4) is 0 Å². The number of carbonyl (C=O) groups is 3. The number of aromatic nitrogens is 2. The van der Waals surface area contributed by atoms with Crippen LogP contribution in [0.5, 0.6) is 0 Å². The Morgan fingerprint density at radius 2 is 1.84 bits per heavy atom. The van der Waals surface area contributed by atoms with Crippen LogP contribution in [0.25, 0.3) is 0 Å². The summed E-state index contributed by atoms with van der Waals surface area (Å²) in [5, 5.41) is 7.99. The molecule has 0 bridgehead atoms. The predicted octanol–water partition coefficient (Wildman–Crippen LogP) is 1.37. The minimum absolute atomic E-state index is 0.181. The van der Waals surface area contributed by atoms with Crippen molar-refractivity contribution in [2.75, 3.05) is 11.9 Å². The van der Waals surface area contributed by atoms with Gasteiger partial charge in [-0.05, 0) is 31.5 Å². The number of halogens is 3. The molecule has 12 heteroatoms. The van der Waals surface area contributed by atoms with Gasteiger partial charge in [-0.3, -0.25) is 14.4 Å². The number of hydrogen-bond donors (Lipinski definition) is 2. The monoisotopic (exact) mass is 440 g/mol. The summed E-state index contributed by atoms with van der Waals surface area (Å²) in [6.07, 6.45) is -0.713. The average molecular weight is 440 g/mol. The molecule has 0 aliphatic carbocycles. The number of esters is 1. The zero-order chi connectivity index (χ0) is 23.1. The molecular weight excluding hydrogens is 421 g/mol. The molecule has 0 saturated carbocycles. The number of amides is 2. The Hall–Kier alpha value is -3.70. The maximum absolute atomic E-state index is 13.6. The van der Waals surface area contributed by atoms with E-state index >= 15 is 0 Å². The summed E-state index contributed by atoms with van der Waals surface area (Å²) in [5.41, 5.74) is -1.18. The molecule has 9 nitrogen and oxygen atoms in total. The topological polar surface area (TPSA) is 119 Å². The van der Waals surface area contributed by atoms with E-state index in [9.17, 15) is 32.3 Å². The number of ether oxygens (including phenoxy) is 1. The Labute approximate surface area is 174 Å². The Morgan fingerprint density at radius 1 is 1.13 bits per heavy atom. The van der Waals surface area contributed by atoms with E-state index in [0.717, 1.165) is 22.9 Å². The maximum Gasteiger partial charge on any atom is 0.359 e. The molecule has 0 radical (unpaired) electrons. The minimum atomic E-state index is -1.75. The van der Waals surface area contributed by atoms with E-state index in [0.29, 0.717) is 19.0 Å². The number of aryl methyl sites for hydroxylation is 1. The fourth-order valence-electron chi connectivity index (χ4n) is 2.33. The van der Waals surface area contributed by atoms with Crippen LogP contribution in [-0.2, 0) is 20.9 Å². The number of nitrogens with zero attached hydrogens (tertiary/aromatic N) is 2. The van der Waals surface area contributed by atoms with Crippen molar-refractivity contribution in [3.63, 3.8) is 0 Å². The summed E-state index contributed by atoms with van der Waals surface area (Å²) in [4.78, 5) is 47.6. The molecule has 31 heavy (non-hydrogen) atoms. The van der Waals surface area contributed by atoms with Crippen LogP contribution >= 0.6 is 0 Å². The van der Waals surface area contributed by atoms with Crippen molar-refractivity contribution in [1.29, 1.82) is 0 Å². The second-order valence-corrected chi connectivity index (χ2v) is 6.32. The van der Waals surface area contributed by atoms with Gasteiger partial charge in [-0.2, -0.15) is 5.10 Å². The van der Waals surface area contributed by atoms with Gasteiger partial charge in [0.2, 0.25) is 5.91 Å². The van der Waals surface area contributed by atoms with Crippen molar-refractivity contribution < 1.29 is 32.3 Å². The van der Waals surface area contributed by atoms with Gasteiger partial charge in [-0.25, -0.2) is 22.6 Å². The summed E-state index contributed by atoms with van der Waals surface area (Å²) in [5.74, 6) is -7.48. The van der Waals surface area contributed by atoms with Crippen LogP contribution in [0.15, 0.2) is 29.1 Å². The van der Waals surface area contributed by atoms with Crippen molar-refractivity contribution in [1.82, 2.24) is 15.1 Å². The lowest BCUT2D eigenvalue weighted by atomic mass is 10.2. The molecule has 2 N–H and O–H groups in total. The lowest BCUT2D eigenvalue weighted by Gasteiger charge is -2.14. The highest BCUT2D eigenvalue weighted by Crippen LogP contribution is 2.19. The third kappa shape index (κ3) is 6.14. The Bertz CT molecular complexity index is 1060. The Morgan fingerprint density at radius 3 is 2.52 bits per heavy atom. The molecule has 0 unspecified atom stereocenters. The molecule has 0 saturated heterocycles. The van der Waals surface area contributed by atoms with Crippen LogP contribution in [0.1, 0.15) is 30.8 Å². The summed E-state index contributed by atoms with van der Waals surface area (Å²) in [6, 6.07) is 3.76. The standard InChI is InChI=1S/C19H19F3N4O5/c1-3-8-26-15(28)7-6-13(25-26)19(30)31-10(2)18(29)23-9-14(27)24-12-5-4-11(20)16(21)17(12)22/h4-7,10H,3,8-9H2,1-2H3,(H,23,29)(H,24,27)/t10-/m1/s1. The number of carbonyl (C=O) groups excluding carboxylic acids is 3. The zero-order valence-electron chi connectivity index (χ0n) is 16.6. The van der Waals surface area contributed by atoms with E-state index in [1.54, 1.807) is 0 Å². The molecule has 1 aromatic heterocycles. The van der Waals surface area contributed by atoms with Crippen LogP contribution < -0.4 is 16.2 Å². The predicted molar refractivity (Wildman–Crippen MR) is 102 cm³/mol. The minimum Gasteiger partial charge on any atom is -0.448 e. The Kier molecular flexibility index (Phi) is 7.88. The largest absolute Gasteiger partial charge is 0.448 e. The average Bonchev–Trinajstić information content (AvgIpc) is 2.74. The van der Waals surface area contributed by atoms with Crippen LogP contribution in [0.3, 0.4) is 0 Å². The van der Waals surface area contributed by atoms with Gasteiger partial charge < -0.3 is 15.4 Å². The van der Waals surface area contributed by atoms with Crippen LogP contribution in [-0.4, -0.2) is 40.2 Å². The molecule has 1 heterocycles. The van der Waals surface area contributed by atoms with Crippen molar-refractivity contribution in [2.24, 2.45) is 0 Å². The molecule has 0 aliphatic heterocycles. The van der Waals surface area contributed by atoms with Crippen LogP contribution in [0.4, 0.5) is 18.9 Å². The van der Waals surface area contributed by atoms with Crippen molar-refractivity contribution >= 4 is 23.5 Å². The molecule has 1 aromatic carbocycles. The van der Waals surface area contributed by atoms with Crippen molar-refractivity contribution in [3.05, 3.63) is 57.8 Å². The second-order valence-electron chi connectivity index (χ2n) is 6.32. The highest BCUT2D eigenvalue weighted by Gasteiger charge is 2.21. The van der Waals surface area contributed by atoms with E-state index in [2.05, 4.69) is 10.4 Å². The number of benzene rings is 1. The summed E-state index contributed by atoms with van der Waals surface area (Å²) in [6.45, 7) is 2.70. The summed E-state index contributed by atoms with van der Waals surface area (Å²) < 4.78 is 45.7. The van der Waals surface area contributed by atoms with Crippen molar-refractivity contribution in [2.45, 2.75) is 32.9 Å². The third-order valence-electron chi connectivity index (χ3n) is 3.90. The van der Waals surface area contributed by atoms with E-state index in [-0.39, 0.29) is 5.69 Å². The molecule has 2 amide bonds. The van der Waals surface area contributed by atoms with Crippen LogP contribution in [0, 0.1) is 17.5 Å². The number of nitrogens with one attached hydrogen (secondary N) is 2. The maximum atomic E-state index is 13.6. The zero-order valence-corrected chi connectivity index (χ0v) is 16.6. The van der Waals surface area contributed by atoms with E-state index in [4.69, 9.17) is 4.74 Å². The first-order chi connectivity index (χ1) is 14.6. The van der Waals surface area contributed by atoms with Gasteiger partial charge in [0.25, 0.3) is 11.5 Å². The first-order valence-electron chi connectivity index (χ1n) is 9.14. The molecule has 2 aromatic rings. The number of anilines is 1. The quantitative estimate of drug-likeness (QED) is 0.473. The van der Waals surface area contributed by atoms with E-state index < -0.39 is 59.1 Å². The van der Waals surface area contributed by atoms with Gasteiger partial charge in [0.15, 0.2) is 29.2 Å². The van der Waals surface area contributed by atoms with Gasteiger partial charge in [-0.15, -0.1) is 0 Å². The smallest absolute Gasteiger partial charge is 0.359 e. The highest BCUT2D eigenvalue weighted by atomic mass is 19.2. The number of rotatable bonds is 8. The number of hydrogen-bond acceptors (Lipinski definition) is 6. The molecule has 2 rings (SSSR count). The Balaban J connectivity index is 1.90. The molecule has 0 fully saturated rings. The molecular formula is C19H19F3N4O5. The van der Waals surface area contributed by atoms with Gasteiger partial charge in [0, 0.05) is 12.6 Å².